The zero-order valence-electron chi connectivity index (χ0n) is 24.1. The summed E-state index contributed by atoms with van der Waals surface area (Å²) in [6.07, 6.45) is -2.20. The fraction of sp³-hybridized carbons (Fsp3) is 0.667. The van der Waals surface area contributed by atoms with E-state index in [0.717, 1.165) is 0 Å². The molecule has 2 aromatic heterocycles. The number of alkyl halides is 2. The normalized spacial score (nSPS) is 18.0. The van der Waals surface area contributed by atoms with Crippen LogP contribution in [0.1, 0.15) is 72.9 Å². The number of hydrogen-bond donors (Lipinski definition) is 1. The van der Waals surface area contributed by atoms with Gasteiger partial charge in [0.1, 0.15) is 23.1 Å². The minimum absolute atomic E-state index is 0.0567. The average molecular weight is 598 g/mol. The number of likely N-dealkylation sites (tertiary alicyclic amines) is 1. The summed E-state index contributed by atoms with van der Waals surface area (Å²) in [6.45, 7) is 10.8. The molecule has 1 aliphatic heterocycles. The van der Waals surface area contributed by atoms with Crippen molar-refractivity contribution in [2.24, 2.45) is 0 Å². The van der Waals surface area contributed by atoms with Crippen LogP contribution in [0.5, 0.6) is 5.88 Å². The lowest BCUT2D eigenvalue weighted by molar-refractivity contribution is -0.0388. The maximum atomic E-state index is 14.0. The lowest BCUT2D eigenvalue weighted by Crippen LogP contribution is -2.57. The van der Waals surface area contributed by atoms with Crippen molar-refractivity contribution in [2.75, 3.05) is 18.0 Å². The summed E-state index contributed by atoms with van der Waals surface area (Å²) >= 11 is 1.20. The molecule has 11 nitrogen and oxygen atoms in total. The number of anilines is 1. The van der Waals surface area contributed by atoms with Crippen molar-refractivity contribution in [1.82, 2.24) is 19.9 Å². The quantitative estimate of drug-likeness (QED) is 0.465. The van der Waals surface area contributed by atoms with E-state index < -0.39 is 41.5 Å². The predicted molar refractivity (Wildman–Crippen MR) is 147 cm³/mol. The average Bonchev–Trinajstić information content (AvgIpc) is 3.29. The lowest BCUT2D eigenvalue weighted by Gasteiger charge is -2.39. The summed E-state index contributed by atoms with van der Waals surface area (Å²) in [6, 6.07) is 0.882. The van der Waals surface area contributed by atoms with E-state index in [1.54, 1.807) is 46.9 Å². The van der Waals surface area contributed by atoms with Crippen molar-refractivity contribution in [1.29, 1.82) is 0 Å². The summed E-state index contributed by atoms with van der Waals surface area (Å²) in [5, 5.41) is 11.5. The van der Waals surface area contributed by atoms with Crippen molar-refractivity contribution >= 4 is 29.3 Å². The molecule has 1 saturated carbocycles. The lowest BCUT2D eigenvalue weighted by atomic mass is 9.91. The number of amides is 2. The molecule has 2 fully saturated rings. The van der Waals surface area contributed by atoms with Gasteiger partial charge in [-0.05, 0) is 54.4 Å². The molecule has 41 heavy (non-hydrogen) atoms. The van der Waals surface area contributed by atoms with Gasteiger partial charge in [0, 0.05) is 30.3 Å². The van der Waals surface area contributed by atoms with E-state index in [1.807, 2.05) is 0 Å². The Morgan fingerprint density at radius 2 is 1.71 bits per heavy atom. The van der Waals surface area contributed by atoms with Crippen molar-refractivity contribution in [3.8, 4) is 16.7 Å². The van der Waals surface area contributed by atoms with Crippen molar-refractivity contribution in [3.05, 3.63) is 17.1 Å². The van der Waals surface area contributed by atoms with Crippen LogP contribution in [0.25, 0.3) is 10.8 Å². The van der Waals surface area contributed by atoms with Crippen molar-refractivity contribution < 1.29 is 37.7 Å². The van der Waals surface area contributed by atoms with Gasteiger partial charge >= 0.3 is 12.2 Å². The van der Waals surface area contributed by atoms with Crippen LogP contribution in [0.4, 0.5) is 24.2 Å². The third kappa shape index (κ3) is 8.22. The Hall–Kier alpha value is -3.13. The summed E-state index contributed by atoms with van der Waals surface area (Å²) in [5.74, 6) is -2.42. The molecule has 3 heterocycles. The van der Waals surface area contributed by atoms with E-state index in [1.165, 1.54) is 27.2 Å². The van der Waals surface area contributed by atoms with Crippen molar-refractivity contribution in [2.45, 2.75) is 103 Å². The van der Waals surface area contributed by atoms with E-state index in [-0.39, 0.29) is 62.9 Å². The first-order valence-electron chi connectivity index (χ1n) is 13.5. The molecule has 1 N–H and O–H groups in total. The Labute approximate surface area is 241 Å². The van der Waals surface area contributed by atoms with Gasteiger partial charge in [-0.25, -0.2) is 28.3 Å². The first-order chi connectivity index (χ1) is 19.0. The van der Waals surface area contributed by atoms with E-state index in [2.05, 4.69) is 15.0 Å². The van der Waals surface area contributed by atoms with Crippen LogP contribution in [-0.4, -0.2) is 79.5 Å². The highest BCUT2D eigenvalue weighted by atomic mass is 32.1. The Balaban J connectivity index is 1.65. The predicted octanol–water partition coefficient (Wildman–Crippen LogP) is 5.41. The third-order valence-electron chi connectivity index (χ3n) is 6.27. The van der Waals surface area contributed by atoms with Gasteiger partial charge in [-0.15, -0.1) is 11.3 Å². The summed E-state index contributed by atoms with van der Waals surface area (Å²) in [4.78, 5) is 42.0. The zero-order chi connectivity index (χ0) is 30.2. The first-order valence-corrected chi connectivity index (χ1v) is 14.4. The minimum Gasteiger partial charge on any atom is -0.470 e. The van der Waals surface area contributed by atoms with Crippen LogP contribution < -0.4 is 9.64 Å². The van der Waals surface area contributed by atoms with Crippen LogP contribution in [0.15, 0.2) is 11.4 Å². The third-order valence-corrected chi connectivity index (χ3v) is 7.16. The minimum atomic E-state index is -2.80. The highest BCUT2D eigenvalue weighted by Crippen LogP contribution is 2.38. The topological polar surface area (TPSA) is 127 Å². The second-order valence-electron chi connectivity index (χ2n) is 12.3. The molecule has 2 amide bonds. The fourth-order valence-electron chi connectivity index (χ4n) is 4.36. The molecule has 0 bridgehead atoms. The maximum absolute atomic E-state index is 14.0. The molecule has 0 atom stereocenters. The maximum Gasteiger partial charge on any atom is 0.416 e. The Kier molecular flexibility index (Phi) is 8.74. The van der Waals surface area contributed by atoms with E-state index in [9.17, 15) is 23.5 Å². The Morgan fingerprint density at radius 1 is 1.07 bits per heavy atom. The number of nitrogens with zero attached hydrogens (tertiary/aromatic N) is 5. The summed E-state index contributed by atoms with van der Waals surface area (Å²) < 4.78 is 45.2. The molecule has 2 aromatic rings. The van der Waals surface area contributed by atoms with Crippen molar-refractivity contribution in [3.63, 3.8) is 0 Å². The van der Waals surface area contributed by atoms with Crippen LogP contribution in [-0.2, 0) is 16.1 Å². The molecular formula is C27H37F2N5O6S. The van der Waals surface area contributed by atoms with Gasteiger partial charge in [0.05, 0.1) is 25.4 Å². The fourth-order valence-corrected chi connectivity index (χ4v) is 5.10. The van der Waals surface area contributed by atoms with E-state index in [4.69, 9.17) is 14.2 Å². The number of hydrogen-bond acceptors (Lipinski definition) is 10. The van der Waals surface area contributed by atoms with E-state index in [0.29, 0.717) is 10.7 Å². The molecular weight excluding hydrogens is 560 g/mol. The summed E-state index contributed by atoms with van der Waals surface area (Å²) in [5.41, 5.74) is -1.05. The number of aromatic nitrogens is 3. The molecule has 0 aromatic carbocycles. The van der Waals surface area contributed by atoms with Gasteiger partial charge in [-0.2, -0.15) is 4.98 Å². The van der Waals surface area contributed by atoms with Crippen LogP contribution in [0.2, 0.25) is 0 Å². The monoisotopic (exact) mass is 597 g/mol. The molecule has 1 saturated heterocycles. The van der Waals surface area contributed by atoms with E-state index >= 15 is 0 Å². The van der Waals surface area contributed by atoms with Gasteiger partial charge < -0.3 is 24.2 Å². The molecule has 0 spiro atoms. The first kappa shape index (κ1) is 30.8. The second-order valence-corrected chi connectivity index (χ2v) is 13.1. The molecule has 1 aliphatic carbocycles. The number of carbonyl (C=O) groups is 2. The van der Waals surface area contributed by atoms with Crippen LogP contribution >= 0.6 is 11.3 Å². The molecule has 14 heteroatoms. The zero-order valence-corrected chi connectivity index (χ0v) is 25.0. The number of rotatable bonds is 6. The summed E-state index contributed by atoms with van der Waals surface area (Å²) in [7, 11) is 0. The number of thiazole rings is 1. The molecule has 0 unspecified atom stereocenters. The highest BCUT2D eigenvalue weighted by Gasteiger charge is 2.41. The Bertz CT molecular complexity index is 1250. The number of aliphatic hydroxyl groups excluding tert-OH is 1. The molecule has 4 rings (SSSR count). The van der Waals surface area contributed by atoms with Crippen LogP contribution in [0, 0.1) is 0 Å². The highest BCUT2D eigenvalue weighted by molar-refractivity contribution is 7.13. The van der Waals surface area contributed by atoms with Gasteiger partial charge in [-0.1, -0.05) is 0 Å². The molecule has 0 radical (unpaired) electrons. The second kappa shape index (κ2) is 11.6. The molecule has 226 valence electrons. The Morgan fingerprint density at radius 3 is 2.27 bits per heavy atom. The smallest absolute Gasteiger partial charge is 0.416 e. The number of halogens is 2. The standard InChI is InChI=1S/C27H37F2N5O6S/c1-25(2,3)39-23(36)33-12-18(13-33)38-20-11-19(31-21(32-20)22-30-16(14-35)15-41-22)34(24(37)40-26(4,5)6)17-7-9-27(28,29)10-8-17/h11,15,17-18,35H,7-10,12-14H2,1-6H3. The van der Waals surface area contributed by atoms with Gasteiger partial charge in [-0.3, -0.25) is 4.90 Å². The van der Waals surface area contributed by atoms with Gasteiger partial charge in [0.15, 0.2) is 10.8 Å². The SMILES string of the molecule is CC(C)(C)OC(=O)N1CC(Oc2cc(N(C(=O)OC(C)(C)C)C3CCC(F)(F)CC3)nc(-c3nc(CO)cs3)n2)C1. The number of ether oxygens (including phenoxy) is 3. The largest absolute Gasteiger partial charge is 0.470 e. The number of aliphatic hydroxyl groups is 1. The van der Waals surface area contributed by atoms with Crippen LogP contribution in [0.3, 0.4) is 0 Å². The molecule has 2 aliphatic rings. The number of carbonyl (C=O) groups excluding carboxylic acids is 2. The van der Waals surface area contributed by atoms with Gasteiger partial charge in [0.25, 0.3) is 0 Å². The van der Waals surface area contributed by atoms with Gasteiger partial charge in [0.2, 0.25) is 11.8 Å².